The van der Waals surface area contributed by atoms with Gasteiger partial charge in [-0.25, -0.2) is 9.59 Å². The van der Waals surface area contributed by atoms with Gasteiger partial charge in [-0.2, -0.15) is 0 Å². The lowest BCUT2D eigenvalue weighted by Crippen LogP contribution is -2.45. The number of rotatable bonds is 3. The zero-order valence-electron chi connectivity index (χ0n) is 8.71. The van der Waals surface area contributed by atoms with Gasteiger partial charge in [0.25, 0.3) is 5.69 Å². The number of benzene rings is 1. The van der Waals surface area contributed by atoms with Gasteiger partial charge in [-0.1, -0.05) is 5.46 Å². The van der Waals surface area contributed by atoms with Crippen LogP contribution in [-0.2, 0) is 0 Å². The summed E-state index contributed by atoms with van der Waals surface area (Å²) in [6, 6.07) is 0. The number of nitrogens with zero attached hydrogens (tertiary/aromatic N) is 1. The Morgan fingerprint density at radius 3 is 1.72 bits per heavy atom. The summed E-state index contributed by atoms with van der Waals surface area (Å²) in [6.45, 7) is 0. The second kappa shape index (κ2) is 4.56. The van der Waals surface area contributed by atoms with Crippen molar-refractivity contribution in [3.63, 3.8) is 0 Å². The number of carboxylic acids is 2. The molecule has 18 heavy (non-hydrogen) atoms. The zero-order valence-corrected chi connectivity index (χ0v) is 8.71. The summed E-state index contributed by atoms with van der Waals surface area (Å²) in [5.41, 5.74) is -4.99. The van der Waals surface area contributed by atoms with E-state index in [-0.39, 0.29) is 0 Å². The fraction of sp³-hybridized carbons (Fsp3) is 0. The normalized spacial score (nSPS) is 10.0. The van der Waals surface area contributed by atoms with Gasteiger partial charge >= 0.3 is 11.9 Å². The molecule has 10 heteroatoms. The van der Waals surface area contributed by atoms with Crippen molar-refractivity contribution in [2.45, 2.75) is 0 Å². The van der Waals surface area contributed by atoms with E-state index in [1.165, 1.54) is 0 Å². The van der Waals surface area contributed by atoms with E-state index in [1.807, 2.05) is 0 Å². The van der Waals surface area contributed by atoms with Gasteiger partial charge in [0.05, 0.1) is 10.5 Å². The summed E-state index contributed by atoms with van der Waals surface area (Å²) in [5, 5.41) is 28.5. The molecule has 0 bridgehead atoms. The van der Waals surface area contributed by atoms with Crippen LogP contribution in [0.5, 0.6) is 0 Å². The van der Waals surface area contributed by atoms with Crippen LogP contribution in [0.1, 0.15) is 20.7 Å². The number of carbonyl (C=O) groups is 2. The van der Waals surface area contributed by atoms with E-state index < -0.39 is 50.1 Å². The molecule has 0 unspecified atom stereocenters. The Morgan fingerprint density at radius 1 is 0.944 bits per heavy atom. The third-order valence-corrected chi connectivity index (χ3v) is 2.20. The fourth-order valence-corrected chi connectivity index (χ4v) is 1.42. The van der Waals surface area contributed by atoms with Crippen molar-refractivity contribution < 1.29 is 24.7 Å². The molecule has 2 N–H and O–H groups in total. The van der Waals surface area contributed by atoms with Crippen LogP contribution in [0.25, 0.3) is 0 Å². The highest BCUT2D eigenvalue weighted by atomic mass is 16.6. The van der Waals surface area contributed by atoms with Crippen LogP contribution in [0.4, 0.5) is 5.69 Å². The Bertz CT molecular complexity index is 544. The molecule has 0 saturated carbocycles. The molecule has 0 aliphatic carbocycles. The Balaban J connectivity index is 3.99. The predicted octanol–water partition coefficient (Wildman–Crippen LogP) is -2.63. The molecule has 1 aromatic rings. The molecule has 0 atom stereocenters. The number of aromatic carboxylic acids is 2. The van der Waals surface area contributed by atoms with Crippen molar-refractivity contribution in [2.75, 3.05) is 0 Å². The number of nitro groups is 1. The second-order valence-electron chi connectivity index (χ2n) is 3.21. The predicted molar refractivity (Wildman–Crippen MR) is 63.2 cm³/mol. The van der Waals surface area contributed by atoms with E-state index in [0.717, 1.165) is 0 Å². The van der Waals surface area contributed by atoms with Crippen LogP contribution in [0.3, 0.4) is 0 Å². The number of hydrogen-bond donors (Lipinski definition) is 2. The van der Waals surface area contributed by atoms with Crippen molar-refractivity contribution in [3.05, 3.63) is 21.2 Å². The van der Waals surface area contributed by atoms with Crippen LogP contribution >= 0.6 is 0 Å². The number of carboxylic acid groups (broad SMARTS) is 2. The average Bonchev–Trinajstić information content (AvgIpc) is 2.23. The summed E-state index contributed by atoms with van der Waals surface area (Å²) in [7, 11) is 15.9. The van der Waals surface area contributed by atoms with E-state index >= 15 is 0 Å². The number of hydrogen-bond acceptors (Lipinski definition) is 4. The minimum absolute atomic E-state index is 0.538. The van der Waals surface area contributed by atoms with E-state index in [9.17, 15) is 19.7 Å². The number of nitro benzene ring substituents is 1. The van der Waals surface area contributed by atoms with Gasteiger partial charge in [0.15, 0.2) is 5.56 Å². The highest BCUT2D eigenvalue weighted by Gasteiger charge is 2.31. The van der Waals surface area contributed by atoms with Crippen molar-refractivity contribution in [2.24, 2.45) is 0 Å². The highest BCUT2D eigenvalue weighted by Crippen LogP contribution is 2.18. The van der Waals surface area contributed by atoms with Gasteiger partial charge in [-0.3, -0.25) is 10.1 Å². The van der Waals surface area contributed by atoms with Crippen molar-refractivity contribution in [1.29, 1.82) is 0 Å². The zero-order chi connectivity index (χ0) is 14.2. The molecule has 0 saturated heterocycles. The molecule has 0 amide bonds. The van der Waals surface area contributed by atoms with Crippen LogP contribution in [0, 0.1) is 10.1 Å². The van der Waals surface area contributed by atoms with Gasteiger partial charge < -0.3 is 10.2 Å². The lowest BCUT2D eigenvalue weighted by atomic mass is 9.68. The molecule has 0 aliphatic heterocycles. The van der Waals surface area contributed by atoms with Gasteiger partial charge in [0, 0.05) is 0 Å². The molecular formula is C8H2B3NO6. The van der Waals surface area contributed by atoms with Gasteiger partial charge in [-0.15, -0.1) is 5.46 Å². The van der Waals surface area contributed by atoms with Crippen molar-refractivity contribution in [1.82, 2.24) is 0 Å². The van der Waals surface area contributed by atoms with Crippen molar-refractivity contribution in [3.8, 4) is 0 Å². The molecule has 0 spiro atoms. The lowest BCUT2D eigenvalue weighted by Gasteiger charge is -2.13. The summed E-state index contributed by atoms with van der Waals surface area (Å²) in [6.07, 6.45) is 0. The first-order valence-corrected chi connectivity index (χ1v) is 4.31. The van der Waals surface area contributed by atoms with E-state index in [0.29, 0.717) is 0 Å². The van der Waals surface area contributed by atoms with Crippen LogP contribution in [0.2, 0.25) is 0 Å². The highest BCUT2D eigenvalue weighted by molar-refractivity contribution is 6.60. The third-order valence-electron chi connectivity index (χ3n) is 2.20. The van der Waals surface area contributed by atoms with Crippen LogP contribution < -0.4 is 16.4 Å². The van der Waals surface area contributed by atoms with Gasteiger partial charge in [0.1, 0.15) is 23.5 Å². The standard InChI is InChI=1S/C8H2B3NO6/c9-3-1(7(13)14)2(8(15)16)6(12(17)18)5(11)4(3)10/h(H,13,14)(H,15,16). The quantitative estimate of drug-likeness (QED) is 0.339. The Labute approximate surface area is 104 Å². The smallest absolute Gasteiger partial charge is 0.343 e. The fourth-order valence-electron chi connectivity index (χ4n) is 1.42. The first kappa shape index (κ1) is 13.8. The Morgan fingerprint density at radius 2 is 1.39 bits per heavy atom. The maximum atomic E-state index is 10.9. The van der Waals surface area contributed by atoms with Crippen molar-refractivity contribution >= 4 is 57.6 Å². The molecular weight excluding hydrogens is 239 g/mol. The minimum atomic E-state index is -1.84. The Hall–Kier alpha value is -2.25. The van der Waals surface area contributed by atoms with Crippen LogP contribution in [-0.4, -0.2) is 50.6 Å². The Kier molecular flexibility index (Phi) is 3.50. The SMILES string of the molecule is [B]c1c([B])c(C(=O)O)c(C(=O)O)c([N+](=O)[O-])c1[B]. The summed E-state index contributed by atoms with van der Waals surface area (Å²) >= 11 is 0. The summed E-state index contributed by atoms with van der Waals surface area (Å²) in [5.74, 6) is -3.59. The average molecular weight is 241 g/mol. The first-order chi connectivity index (χ1) is 8.20. The molecule has 0 aromatic heterocycles. The minimum Gasteiger partial charge on any atom is -0.478 e. The second-order valence-corrected chi connectivity index (χ2v) is 3.21. The van der Waals surface area contributed by atoms with E-state index in [4.69, 9.17) is 33.8 Å². The molecule has 7 nitrogen and oxygen atoms in total. The largest absolute Gasteiger partial charge is 0.478 e. The molecule has 0 heterocycles. The maximum absolute atomic E-state index is 10.9. The van der Waals surface area contributed by atoms with E-state index in [1.54, 1.807) is 0 Å². The molecule has 1 aromatic carbocycles. The molecule has 6 radical (unpaired) electrons. The monoisotopic (exact) mass is 241 g/mol. The van der Waals surface area contributed by atoms with Crippen LogP contribution in [0.15, 0.2) is 0 Å². The topological polar surface area (TPSA) is 118 Å². The summed E-state index contributed by atoms with van der Waals surface area (Å²) < 4.78 is 0. The van der Waals surface area contributed by atoms with E-state index in [2.05, 4.69) is 0 Å². The van der Waals surface area contributed by atoms with Gasteiger partial charge in [-0.05, 0) is 5.46 Å². The first-order valence-electron chi connectivity index (χ1n) is 4.31. The third kappa shape index (κ3) is 1.96. The lowest BCUT2D eigenvalue weighted by molar-refractivity contribution is -0.383. The molecule has 0 aliphatic rings. The molecule has 1 rings (SSSR count). The molecule has 0 fully saturated rings. The molecule has 84 valence electrons. The summed E-state index contributed by atoms with van der Waals surface area (Å²) in [4.78, 5) is 31.5. The van der Waals surface area contributed by atoms with Gasteiger partial charge in [0.2, 0.25) is 0 Å². The maximum Gasteiger partial charge on any atom is 0.343 e.